The third kappa shape index (κ3) is 6.86. The maximum absolute atomic E-state index is 13.0. The first-order valence-corrected chi connectivity index (χ1v) is 10.7. The van der Waals surface area contributed by atoms with E-state index in [2.05, 4.69) is 5.32 Å². The first-order chi connectivity index (χ1) is 15.0. The van der Waals surface area contributed by atoms with Crippen LogP contribution in [-0.4, -0.2) is 24.7 Å². The van der Waals surface area contributed by atoms with Gasteiger partial charge >= 0.3 is 5.97 Å². The Labute approximate surface area is 184 Å². The number of halogens is 1. The number of rotatable bonds is 9. The fourth-order valence-corrected chi connectivity index (χ4v) is 3.55. The second kappa shape index (κ2) is 11.2. The van der Waals surface area contributed by atoms with Gasteiger partial charge in [-0.05, 0) is 42.0 Å². The van der Waals surface area contributed by atoms with Crippen LogP contribution in [0.1, 0.15) is 17.2 Å². The van der Waals surface area contributed by atoms with Crippen LogP contribution < -0.4 is 10.1 Å². The summed E-state index contributed by atoms with van der Waals surface area (Å²) in [7, 11) is 1.56. The van der Waals surface area contributed by atoms with Crippen LogP contribution in [0.5, 0.6) is 5.75 Å². The van der Waals surface area contributed by atoms with Crippen LogP contribution in [0.25, 0.3) is 0 Å². The van der Waals surface area contributed by atoms with E-state index in [0.29, 0.717) is 22.8 Å². The molecule has 1 atom stereocenters. The van der Waals surface area contributed by atoms with Gasteiger partial charge in [-0.2, -0.15) is 0 Å². The zero-order valence-electron chi connectivity index (χ0n) is 16.9. The van der Waals surface area contributed by atoms with Crippen molar-refractivity contribution in [3.8, 4) is 5.75 Å². The van der Waals surface area contributed by atoms with Gasteiger partial charge in [-0.3, -0.25) is 9.59 Å². The Morgan fingerprint density at radius 2 is 1.65 bits per heavy atom. The highest BCUT2D eigenvalue weighted by molar-refractivity contribution is 7.99. The number of thioether (sulfide) groups is 1. The van der Waals surface area contributed by atoms with Gasteiger partial charge in [0.25, 0.3) is 5.91 Å². The number of hydrogen-bond donors (Lipinski definition) is 1. The van der Waals surface area contributed by atoms with E-state index in [1.54, 1.807) is 67.8 Å². The third-order valence-electron chi connectivity index (χ3n) is 4.35. The molecule has 3 aromatic carbocycles. The fraction of sp³-hybridized carbons (Fsp3) is 0.167. The van der Waals surface area contributed by atoms with E-state index in [1.807, 2.05) is 6.07 Å². The van der Waals surface area contributed by atoms with Crippen LogP contribution >= 0.6 is 11.8 Å². The number of methoxy groups -OCH3 is 1. The van der Waals surface area contributed by atoms with Crippen molar-refractivity contribution in [3.63, 3.8) is 0 Å². The van der Waals surface area contributed by atoms with Gasteiger partial charge < -0.3 is 14.8 Å². The lowest BCUT2D eigenvalue weighted by Crippen LogP contribution is -2.26. The van der Waals surface area contributed by atoms with Gasteiger partial charge in [0.05, 0.1) is 12.9 Å². The number of carbonyl (C=O) groups excluding carboxylic acids is 2. The quantitative estimate of drug-likeness (QED) is 0.476. The highest BCUT2D eigenvalue weighted by Crippen LogP contribution is 2.23. The van der Waals surface area contributed by atoms with Crippen LogP contribution in [-0.2, 0) is 20.1 Å². The number of nitrogens with one attached hydrogen (secondary N) is 1. The Morgan fingerprint density at radius 1 is 0.968 bits per heavy atom. The van der Waals surface area contributed by atoms with E-state index in [9.17, 15) is 14.0 Å². The predicted octanol–water partition coefficient (Wildman–Crippen LogP) is 4.99. The lowest BCUT2D eigenvalue weighted by molar-refractivity contribution is -0.152. The summed E-state index contributed by atoms with van der Waals surface area (Å²) in [5, 5.41) is 2.77. The molecule has 7 heteroatoms. The first-order valence-electron chi connectivity index (χ1n) is 9.56. The summed E-state index contributed by atoms with van der Waals surface area (Å²) in [5.41, 5.74) is 2.04. The average molecular weight is 440 g/mol. The molecule has 1 amide bonds. The van der Waals surface area contributed by atoms with Gasteiger partial charge in [-0.25, -0.2) is 4.39 Å². The molecule has 3 rings (SSSR count). The van der Waals surface area contributed by atoms with Crippen molar-refractivity contribution in [2.45, 2.75) is 11.9 Å². The van der Waals surface area contributed by atoms with Crippen LogP contribution in [0, 0.1) is 5.82 Å². The molecule has 0 aliphatic rings. The van der Waals surface area contributed by atoms with Crippen molar-refractivity contribution >= 4 is 29.3 Å². The minimum absolute atomic E-state index is 0.0660. The Hall–Kier alpha value is -3.32. The number of hydrogen-bond acceptors (Lipinski definition) is 5. The van der Waals surface area contributed by atoms with Crippen LogP contribution in [0.3, 0.4) is 0 Å². The molecule has 0 aliphatic carbocycles. The van der Waals surface area contributed by atoms with Crippen molar-refractivity contribution < 1.29 is 23.5 Å². The molecule has 0 saturated carbocycles. The summed E-state index contributed by atoms with van der Waals surface area (Å²) >= 11 is 1.33. The van der Waals surface area contributed by atoms with E-state index in [4.69, 9.17) is 9.47 Å². The van der Waals surface area contributed by atoms with Crippen molar-refractivity contribution in [2.75, 3.05) is 18.2 Å². The van der Waals surface area contributed by atoms with E-state index in [-0.39, 0.29) is 11.6 Å². The number of anilines is 1. The molecule has 0 aliphatic heterocycles. The Bertz CT molecular complexity index is 994. The normalized spacial score (nSPS) is 11.4. The highest BCUT2D eigenvalue weighted by atomic mass is 32.2. The maximum Gasteiger partial charge on any atom is 0.317 e. The lowest BCUT2D eigenvalue weighted by atomic mass is 10.1. The van der Waals surface area contributed by atoms with Gasteiger partial charge in [0.2, 0.25) is 6.10 Å². The van der Waals surface area contributed by atoms with Crippen LogP contribution in [0.4, 0.5) is 10.1 Å². The first kappa shape index (κ1) is 22.4. The molecule has 0 fully saturated rings. The monoisotopic (exact) mass is 439 g/mol. The number of ether oxygens (including phenoxy) is 2. The molecular weight excluding hydrogens is 417 g/mol. The van der Waals surface area contributed by atoms with Crippen LogP contribution in [0.15, 0.2) is 78.9 Å². The van der Waals surface area contributed by atoms with Gasteiger partial charge in [-0.15, -0.1) is 11.8 Å². The maximum atomic E-state index is 13.0. The summed E-state index contributed by atoms with van der Waals surface area (Å²) in [6.07, 6.45) is -1.08. The van der Waals surface area contributed by atoms with Crippen molar-refractivity contribution in [1.29, 1.82) is 0 Å². The van der Waals surface area contributed by atoms with E-state index < -0.39 is 18.0 Å². The number of carbonyl (C=O) groups is 2. The molecule has 0 heterocycles. The Balaban J connectivity index is 1.62. The van der Waals surface area contributed by atoms with Crippen molar-refractivity contribution in [2.24, 2.45) is 0 Å². The second-order valence-corrected chi connectivity index (χ2v) is 7.60. The summed E-state index contributed by atoms with van der Waals surface area (Å²) < 4.78 is 23.6. The molecule has 0 bridgehead atoms. The Morgan fingerprint density at radius 3 is 2.29 bits per heavy atom. The van der Waals surface area contributed by atoms with Gasteiger partial charge in [0.15, 0.2) is 0 Å². The minimum atomic E-state index is -1.08. The van der Waals surface area contributed by atoms with Gasteiger partial charge in [0, 0.05) is 17.0 Å². The number of esters is 1. The summed E-state index contributed by atoms with van der Waals surface area (Å²) in [6, 6.07) is 21.8. The topological polar surface area (TPSA) is 64.6 Å². The molecule has 0 aromatic heterocycles. The molecule has 0 radical (unpaired) electrons. The number of benzene rings is 3. The van der Waals surface area contributed by atoms with E-state index in [1.165, 1.54) is 23.9 Å². The fourth-order valence-electron chi connectivity index (χ4n) is 2.78. The zero-order chi connectivity index (χ0) is 22.1. The predicted molar refractivity (Wildman–Crippen MR) is 119 cm³/mol. The standard InChI is InChI=1S/C24H22FNO4S/c1-29-21-13-11-20(12-14-21)26-24(28)23(18-5-3-2-4-6-18)30-22(27)16-31-15-17-7-9-19(25)10-8-17/h2-14,23H,15-16H2,1H3,(H,26,28). The third-order valence-corrected chi connectivity index (χ3v) is 5.33. The van der Waals surface area contributed by atoms with Gasteiger partial charge in [0.1, 0.15) is 11.6 Å². The smallest absolute Gasteiger partial charge is 0.317 e. The minimum Gasteiger partial charge on any atom is -0.497 e. The van der Waals surface area contributed by atoms with Crippen molar-refractivity contribution in [1.82, 2.24) is 0 Å². The van der Waals surface area contributed by atoms with Gasteiger partial charge in [-0.1, -0.05) is 42.5 Å². The Kier molecular flexibility index (Phi) is 8.06. The molecule has 0 saturated heterocycles. The summed E-state index contributed by atoms with van der Waals surface area (Å²) in [5.74, 6) is 0.00278. The lowest BCUT2D eigenvalue weighted by Gasteiger charge is -2.18. The molecular formula is C24H22FNO4S. The molecule has 160 valence electrons. The summed E-state index contributed by atoms with van der Waals surface area (Å²) in [6.45, 7) is 0. The largest absolute Gasteiger partial charge is 0.497 e. The molecule has 1 unspecified atom stereocenters. The molecule has 0 spiro atoms. The van der Waals surface area contributed by atoms with Crippen molar-refractivity contribution in [3.05, 3.63) is 95.8 Å². The van der Waals surface area contributed by atoms with Crippen LogP contribution in [0.2, 0.25) is 0 Å². The van der Waals surface area contributed by atoms with E-state index in [0.717, 1.165) is 5.56 Å². The van der Waals surface area contributed by atoms with E-state index >= 15 is 0 Å². The zero-order valence-corrected chi connectivity index (χ0v) is 17.7. The second-order valence-electron chi connectivity index (χ2n) is 6.62. The molecule has 5 nitrogen and oxygen atoms in total. The average Bonchev–Trinajstić information content (AvgIpc) is 2.80. The number of amides is 1. The summed E-state index contributed by atoms with van der Waals surface area (Å²) in [4.78, 5) is 25.3. The molecule has 3 aromatic rings. The molecule has 31 heavy (non-hydrogen) atoms. The molecule has 1 N–H and O–H groups in total. The highest BCUT2D eigenvalue weighted by Gasteiger charge is 2.25. The SMILES string of the molecule is COc1ccc(NC(=O)C(OC(=O)CSCc2ccc(F)cc2)c2ccccc2)cc1.